The number of halogens is 1. The van der Waals surface area contributed by atoms with Crippen LogP contribution in [-0.2, 0) is 6.54 Å². The van der Waals surface area contributed by atoms with E-state index < -0.39 is 0 Å². The quantitative estimate of drug-likeness (QED) is 0.829. The summed E-state index contributed by atoms with van der Waals surface area (Å²) in [4.78, 5) is 0. The summed E-state index contributed by atoms with van der Waals surface area (Å²) in [7, 11) is 1.65. The lowest BCUT2D eigenvalue weighted by Gasteiger charge is -2.26. The Morgan fingerprint density at radius 1 is 1.37 bits per heavy atom. The summed E-state index contributed by atoms with van der Waals surface area (Å²) in [5.74, 6) is 2.08. The van der Waals surface area contributed by atoms with Crippen molar-refractivity contribution in [3.05, 3.63) is 22.7 Å². The molecule has 0 aliphatic heterocycles. The summed E-state index contributed by atoms with van der Waals surface area (Å²) >= 11 is 6.30. The highest BCUT2D eigenvalue weighted by Crippen LogP contribution is 2.38. The summed E-state index contributed by atoms with van der Waals surface area (Å²) in [5, 5.41) is 3.91. The topological polar surface area (TPSA) is 30.5 Å². The van der Waals surface area contributed by atoms with E-state index in [1.165, 1.54) is 19.3 Å². The Hall–Kier alpha value is -0.930. The number of methoxy groups -OCH3 is 1. The molecule has 1 aromatic carbocycles. The summed E-state index contributed by atoms with van der Waals surface area (Å²) in [5.41, 5.74) is 1.11. The molecule has 0 heterocycles. The molecule has 1 N–H and O–H groups in total. The molecule has 1 aliphatic carbocycles. The molecular formula is C15H22ClNO2. The Bertz CT molecular complexity index is 419. The van der Waals surface area contributed by atoms with Gasteiger partial charge in [0.05, 0.1) is 18.7 Å². The largest absolute Gasteiger partial charge is 0.493 e. The number of hydrogen-bond donors (Lipinski definition) is 1. The highest BCUT2D eigenvalue weighted by Gasteiger charge is 2.20. The first-order valence-electron chi connectivity index (χ1n) is 6.94. The van der Waals surface area contributed by atoms with Crippen molar-refractivity contribution in [3.8, 4) is 11.5 Å². The maximum Gasteiger partial charge on any atom is 0.179 e. The van der Waals surface area contributed by atoms with Crippen LogP contribution in [0.25, 0.3) is 0 Å². The maximum absolute atomic E-state index is 6.30. The fourth-order valence-electron chi connectivity index (χ4n) is 2.15. The molecule has 2 rings (SSSR count). The van der Waals surface area contributed by atoms with E-state index in [0.29, 0.717) is 16.7 Å². The molecule has 4 heteroatoms. The molecule has 1 fully saturated rings. The minimum Gasteiger partial charge on any atom is -0.493 e. The summed E-state index contributed by atoms with van der Waals surface area (Å²) < 4.78 is 11.2. The van der Waals surface area contributed by atoms with E-state index in [4.69, 9.17) is 21.1 Å². The summed E-state index contributed by atoms with van der Waals surface area (Å²) in [6.45, 7) is 4.53. The molecule has 1 aromatic rings. The minimum absolute atomic E-state index is 0.631. The lowest BCUT2D eigenvalue weighted by atomic mass is 9.86. The molecule has 0 spiro atoms. The van der Waals surface area contributed by atoms with Crippen molar-refractivity contribution in [1.82, 2.24) is 5.32 Å². The van der Waals surface area contributed by atoms with Crippen LogP contribution in [0.2, 0.25) is 5.02 Å². The fourth-order valence-corrected chi connectivity index (χ4v) is 2.43. The number of nitrogens with one attached hydrogen (secondary N) is 1. The van der Waals surface area contributed by atoms with E-state index in [2.05, 4.69) is 12.2 Å². The van der Waals surface area contributed by atoms with Crippen molar-refractivity contribution in [3.63, 3.8) is 0 Å². The zero-order valence-electron chi connectivity index (χ0n) is 11.7. The van der Waals surface area contributed by atoms with Gasteiger partial charge in [-0.3, -0.25) is 0 Å². The van der Waals surface area contributed by atoms with Crippen LogP contribution >= 0.6 is 11.6 Å². The number of hydrogen-bond acceptors (Lipinski definition) is 3. The van der Waals surface area contributed by atoms with Gasteiger partial charge in [-0.15, -0.1) is 0 Å². The third kappa shape index (κ3) is 3.77. The van der Waals surface area contributed by atoms with Gasteiger partial charge in [-0.1, -0.05) is 24.9 Å². The van der Waals surface area contributed by atoms with Gasteiger partial charge >= 0.3 is 0 Å². The third-order valence-electron chi connectivity index (χ3n) is 3.56. The molecule has 0 bridgehead atoms. The molecule has 1 aliphatic rings. The van der Waals surface area contributed by atoms with Crippen LogP contribution in [0.1, 0.15) is 31.7 Å². The van der Waals surface area contributed by atoms with Crippen molar-refractivity contribution < 1.29 is 9.47 Å². The molecule has 0 saturated heterocycles. The molecule has 0 amide bonds. The fraction of sp³-hybridized carbons (Fsp3) is 0.600. The number of benzene rings is 1. The van der Waals surface area contributed by atoms with Gasteiger partial charge in [-0.2, -0.15) is 0 Å². The van der Waals surface area contributed by atoms with Gasteiger partial charge in [0.25, 0.3) is 0 Å². The van der Waals surface area contributed by atoms with Crippen molar-refractivity contribution >= 4 is 11.6 Å². The Labute approximate surface area is 120 Å². The Morgan fingerprint density at radius 3 is 2.74 bits per heavy atom. The summed E-state index contributed by atoms with van der Waals surface area (Å²) in [6, 6.07) is 3.94. The second kappa shape index (κ2) is 7.01. The molecule has 0 unspecified atom stereocenters. The average molecular weight is 284 g/mol. The second-order valence-electron chi connectivity index (χ2n) is 5.00. The van der Waals surface area contributed by atoms with E-state index in [0.717, 1.165) is 31.0 Å². The highest BCUT2D eigenvalue weighted by atomic mass is 35.5. The number of rotatable bonds is 7. The van der Waals surface area contributed by atoms with Crippen LogP contribution in [0.5, 0.6) is 11.5 Å². The summed E-state index contributed by atoms with van der Waals surface area (Å²) in [6.07, 6.45) is 3.84. The first-order valence-corrected chi connectivity index (χ1v) is 7.32. The van der Waals surface area contributed by atoms with Gasteiger partial charge in [0, 0.05) is 6.54 Å². The zero-order valence-corrected chi connectivity index (χ0v) is 12.4. The molecule has 19 heavy (non-hydrogen) atoms. The maximum atomic E-state index is 6.30. The Balaban J connectivity index is 2.07. The average Bonchev–Trinajstić information content (AvgIpc) is 2.36. The van der Waals surface area contributed by atoms with Crippen molar-refractivity contribution in [1.29, 1.82) is 0 Å². The number of ether oxygens (including phenoxy) is 2. The van der Waals surface area contributed by atoms with Crippen LogP contribution in [0.4, 0.5) is 0 Å². The van der Waals surface area contributed by atoms with Crippen LogP contribution in [-0.4, -0.2) is 20.3 Å². The molecule has 0 radical (unpaired) electrons. The van der Waals surface area contributed by atoms with Crippen LogP contribution < -0.4 is 14.8 Å². The van der Waals surface area contributed by atoms with Crippen molar-refractivity contribution in [2.24, 2.45) is 5.92 Å². The Kier molecular flexibility index (Phi) is 5.34. The molecule has 1 saturated carbocycles. The van der Waals surface area contributed by atoms with Gasteiger partial charge in [0.2, 0.25) is 0 Å². The van der Waals surface area contributed by atoms with E-state index >= 15 is 0 Å². The molecular weight excluding hydrogens is 262 g/mol. The molecule has 0 aromatic heterocycles. The first-order chi connectivity index (χ1) is 9.24. The third-order valence-corrected chi connectivity index (χ3v) is 3.84. The van der Waals surface area contributed by atoms with Gasteiger partial charge in [0.15, 0.2) is 11.5 Å². The van der Waals surface area contributed by atoms with Gasteiger partial charge in [0.1, 0.15) is 0 Å². The van der Waals surface area contributed by atoms with Crippen molar-refractivity contribution in [2.75, 3.05) is 20.3 Å². The standard InChI is InChI=1S/C15H22ClNO2/c1-3-17-9-12-7-13(16)15(14(8-12)18-2)19-10-11-5-4-6-11/h7-8,11,17H,3-6,9-10H2,1-2H3. The lowest BCUT2D eigenvalue weighted by molar-refractivity contribution is 0.176. The van der Waals surface area contributed by atoms with E-state index in [1.807, 2.05) is 12.1 Å². The van der Waals surface area contributed by atoms with Crippen molar-refractivity contribution in [2.45, 2.75) is 32.7 Å². The lowest BCUT2D eigenvalue weighted by Crippen LogP contribution is -2.19. The molecule has 106 valence electrons. The Morgan fingerprint density at radius 2 is 2.16 bits per heavy atom. The SMILES string of the molecule is CCNCc1cc(Cl)c(OCC2CCC2)c(OC)c1. The van der Waals surface area contributed by atoms with E-state index in [1.54, 1.807) is 7.11 Å². The monoisotopic (exact) mass is 283 g/mol. The van der Waals surface area contributed by atoms with Gasteiger partial charge in [-0.25, -0.2) is 0 Å². The van der Waals surface area contributed by atoms with E-state index in [9.17, 15) is 0 Å². The van der Waals surface area contributed by atoms with Crippen LogP contribution in [0.15, 0.2) is 12.1 Å². The van der Waals surface area contributed by atoms with Crippen LogP contribution in [0.3, 0.4) is 0 Å². The normalized spacial score (nSPS) is 15.1. The predicted molar refractivity (Wildman–Crippen MR) is 78.2 cm³/mol. The molecule has 0 atom stereocenters. The minimum atomic E-state index is 0.631. The predicted octanol–water partition coefficient (Wildman–Crippen LogP) is 3.64. The highest BCUT2D eigenvalue weighted by molar-refractivity contribution is 6.32. The van der Waals surface area contributed by atoms with Gasteiger partial charge in [-0.05, 0) is 43.0 Å². The molecule has 3 nitrogen and oxygen atoms in total. The second-order valence-corrected chi connectivity index (χ2v) is 5.40. The first kappa shape index (κ1) is 14.5. The smallest absolute Gasteiger partial charge is 0.179 e. The van der Waals surface area contributed by atoms with Crippen LogP contribution in [0, 0.1) is 5.92 Å². The van der Waals surface area contributed by atoms with E-state index in [-0.39, 0.29) is 0 Å². The zero-order chi connectivity index (χ0) is 13.7. The van der Waals surface area contributed by atoms with Gasteiger partial charge < -0.3 is 14.8 Å².